The van der Waals surface area contributed by atoms with Crippen molar-refractivity contribution in [2.75, 3.05) is 18.5 Å². The second kappa shape index (κ2) is 9.94. The number of benzene rings is 1. The summed E-state index contributed by atoms with van der Waals surface area (Å²) >= 11 is 0. The first-order valence-electron chi connectivity index (χ1n) is 9.47. The molecule has 1 fully saturated rings. The molecule has 0 saturated carbocycles. The largest absolute Gasteiger partial charge is 0.454 e. The molecule has 2 rings (SSSR count). The number of hydrogen-bond donors (Lipinski definition) is 2. The monoisotopic (exact) mass is 375 g/mol. The molecule has 2 atom stereocenters. The van der Waals surface area contributed by atoms with Gasteiger partial charge in [0.25, 0.3) is 5.91 Å². The van der Waals surface area contributed by atoms with Crippen molar-refractivity contribution in [1.29, 1.82) is 0 Å². The minimum atomic E-state index is -0.833. The van der Waals surface area contributed by atoms with E-state index in [9.17, 15) is 14.4 Å². The van der Waals surface area contributed by atoms with Crippen LogP contribution in [-0.4, -0.2) is 48.0 Å². The van der Waals surface area contributed by atoms with E-state index in [2.05, 4.69) is 10.6 Å². The molecule has 0 aromatic heterocycles. The Labute approximate surface area is 160 Å². The topological polar surface area (TPSA) is 87.7 Å². The number of urea groups is 1. The molecule has 7 nitrogen and oxygen atoms in total. The summed E-state index contributed by atoms with van der Waals surface area (Å²) in [5.41, 5.74) is 0.625. The smallest absolute Gasteiger partial charge is 0.329 e. The second-order valence-electron chi connectivity index (χ2n) is 7.23. The summed E-state index contributed by atoms with van der Waals surface area (Å²) in [6, 6.07) is 7.79. The molecule has 1 aliphatic heterocycles. The van der Waals surface area contributed by atoms with Gasteiger partial charge in [-0.3, -0.25) is 4.79 Å². The molecular formula is C20H29N3O4. The maximum Gasteiger partial charge on any atom is 0.329 e. The van der Waals surface area contributed by atoms with Gasteiger partial charge >= 0.3 is 12.0 Å². The van der Waals surface area contributed by atoms with Crippen LogP contribution in [0.4, 0.5) is 10.5 Å². The number of ether oxygens (including phenoxy) is 1. The molecule has 27 heavy (non-hydrogen) atoms. The summed E-state index contributed by atoms with van der Waals surface area (Å²) < 4.78 is 5.21. The Kier molecular flexibility index (Phi) is 7.64. The van der Waals surface area contributed by atoms with Gasteiger partial charge in [-0.2, -0.15) is 0 Å². The van der Waals surface area contributed by atoms with E-state index in [0.717, 1.165) is 19.3 Å². The fourth-order valence-corrected chi connectivity index (χ4v) is 3.10. The zero-order valence-corrected chi connectivity index (χ0v) is 16.2. The van der Waals surface area contributed by atoms with Crippen LogP contribution in [0, 0.1) is 5.92 Å². The van der Waals surface area contributed by atoms with Gasteiger partial charge in [-0.15, -0.1) is 0 Å². The summed E-state index contributed by atoms with van der Waals surface area (Å²) in [5, 5.41) is 5.30. The summed E-state index contributed by atoms with van der Waals surface area (Å²) in [6.45, 7) is 6.02. The average molecular weight is 375 g/mol. The van der Waals surface area contributed by atoms with Crippen molar-refractivity contribution >= 4 is 23.6 Å². The Hall–Kier alpha value is -2.57. The molecule has 1 aromatic rings. The quantitative estimate of drug-likeness (QED) is 0.749. The molecule has 0 radical (unpaired) electrons. The van der Waals surface area contributed by atoms with E-state index in [-0.39, 0.29) is 24.5 Å². The third-order valence-corrected chi connectivity index (χ3v) is 4.70. The van der Waals surface area contributed by atoms with Crippen LogP contribution >= 0.6 is 0 Å². The summed E-state index contributed by atoms with van der Waals surface area (Å²) in [4.78, 5) is 38.6. The van der Waals surface area contributed by atoms with E-state index in [4.69, 9.17) is 4.74 Å². The van der Waals surface area contributed by atoms with E-state index in [0.29, 0.717) is 12.2 Å². The van der Waals surface area contributed by atoms with Crippen molar-refractivity contribution in [3.05, 3.63) is 30.3 Å². The molecule has 0 bridgehead atoms. The molecule has 2 N–H and O–H groups in total. The number of rotatable bonds is 6. The SMILES string of the molecule is CC(C)[C@@H](NC(=O)Nc1ccccc1)C(=O)OCC(=O)N1CCCC[C@H]1C. The second-order valence-corrected chi connectivity index (χ2v) is 7.23. The molecule has 1 saturated heterocycles. The third kappa shape index (κ3) is 6.27. The minimum Gasteiger partial charge on any atom is -0.454 e. The van der Waals surface area contributed by atoms with Crippen molar-refractivity contribution in [1.82, 2.24) is 10.2 Å². The van der Waals surface area contributed by atoms with Gasteiger partial charge in [0.2, 0.25) is 0 Å². The number of piperidine rings is 1. The number of likely N-dealkylation sites (tertiary alicyclic amines) is 1. The number of nitrogens with zero attached hydrogens (tertiary/aromatic N) is 1. The molecule has 1 heterocycles. The fraction of sp³-hybridized carbons (Fsp3) is 0.550. The van der Waals surface area contributed by atoms with Crippen molar-refractivity contribution in [3.63, 3.8) is 0 Å². The average Bonchev–Trinajstić information content (AvgIpc) is 2.65. The zero-order chi connectivity index (χ0) is 19.8. The van der Waals surface area contributed by atoms with Crippen molar-refractivity contribution in [2.24, 2.45) is 5.92 Å². The zero-order valence-electron chi connectivity index (χ0n) is 16.2. The molecule has 1 aliphatic rings. The molecule has 1 aromatic carbocycles. The predicted octanol–water partition coefficient (Wildman–Crippen LogP) is 2.78. The lowest BCUT2D eigenvalue weighted by Crippen LogP contribution is -2.48. The van der Waals surface area contributed by atoms with Crippen LogP contribution in [0.2, 0.25) is 0 Å². The third-order valence-electron chi connectivity index (χ3n) is 4.70. The lowest BCUT2D eigenvalue weighted by molar-refractivity contribution is -0.155. The number of carbonyl (C=O) groups excluding carboxylic acids is 3. The van der Waals surface area contributed by atoms with Gasteiger partial charge < -0.3 is 20.3 Å². The van der Waals surface area contributed by atoms with Gasteiger partial charge in [-0.05, 0) is 44.2 Å². The van der Waals surface area contributed by atoms with Crippen LogP contribution in [0.25, 0.3) is 0 Å². The normalized spacial score (nSPS) is 17.9. The van der Waals surface area contributed by atoms with Crippen LogP contribution < -0.4 is 10.6 Å². The van der Waals surface area contributed by atoms with Crippen molar-refractivity contribution in [3.8, 4) is 0 Å². The van der Waals surface area contributed by atoms with Crippen LogP contribution in [-0.2, 0) is 14.3 Å². The van der Waals surface area contributed by atoms with Crippen molar-refractivity contribution < 1.29 is 19.1 Å². The number of anilines is 1. The van der Waals surface area contributed by atoms with Gasteiger partial charge in [-0.25, -0.2) is 9.59 Å². The number of amides is 3. The van der Waals surface area contributed by atoms with Gasteiger partial charge in [-0.1, -0.05) is 32.0 Å². The molecule has 148 valence electrons. The highest BCUT2D eigenvalue weighted by molar-refractivity contribution is 5.93. The Morgan fingerprint density at radius 3 is 2.52 bits per heavy atom. The van der Waals surface area contributed by atoms with Crippen LogP contribution in [0.3, 0.4) is 0 Å². The molecule has 0 unspecified atom stereocenters. The Balaban J connectivity index is 1.86. The van der Waals surface area contributed by atoms with E-state index in [1.807, 2.05) is 26.8 Å². The first-order valence-corrected chi connectivity index (χ1v) is 9.47. The first kappa shape index (κ1) is 20.7. The highest BCUT2D eigenvalue weighted by Gasteiger charge is 2.28. The fourth-order valence-electron chi connectivity index (χ4n) is 3.10. The van der Waals surface area contributed by atoms with Gasteiger partial charge in [0, 0.05) is 18.3 Å². The maximum atomic E-state index is 12.4. The van der Waals surface area contributed by atoms with Gasteiger partial charge in [0.15, 0.2) is 6.61 Å². The van der Waals surface area contributed by atoms with Crippen LogP contribution in [0.1, 0.15) is 40.0 Å². The highest BCUT2D eigenvalue weighted by atomic mass is 16.5. The molecular weight excluding hydrogens is 346 g/mol. The Morgan fingerprint density at radius 2 is 1.89 bits per heavy atom. The standard InChI is InChI=1S/C20H29N3O4/c1-14(2)18(22-20(26)21-16-10-5-4-6-11-16)19(25)27-13-17(24)23-12-8-7-9-15(23)3/h4-6,10-11,14-15,18H,7-9,12-13H2,1-3H3,(H2,21,22,26)/t15-,18-/m1/s1. The summed E-state index contributed by atoms with van der Waals surface area (Å²) in [5.74, 6) is -0.971. The first-order chi connectivity index (χ1) is 12.9. The number of para-hydroxylation sites is 1. The Morgan fingerprint density at radius 1 is 1.19 bits per heavy atom. The van der Waals surface area contributed by atoms with E-state index in [1.54, 1.807) is 29.2 Å². The van der Waals surface area contributed by atoms with Gasteiger partial charge in [0.05, 0.1) is 0 Å². The van der Waals surface area contributed by atoms with E-state index < -0.39 is 18.0 Å². The lowest BCUT2D eigenvalue weighted by atomic mass is 10.0. The predicted molar refractivity (Wildman–Crippen MR) is 103 cm³/mol. The Bertz CT molecular complexity index is 648. The van der Waals surface area contributed by atoms with Crippen LogP contribution in [0.5, 0.6) is 0 Å². The van der Waals surface area contributed by atoms with E-state index in [1.165, 1.54) is 0 Å². The summed E-state index contributed by atoms with van der Waals surface area (Å²) in [6.07, 6.45) is 3.05. The van der Waals surface area contributed by atoms with Crippen molar-refractivity contribution in [2.45, 2.75) is 52.1 Å². The number of esters is 1. The molecule has 3 amide bonds. The van der Waals surface area contributed by atoms with E-state index >= 15 is 0 Å². The molecule has 0 spiro atoms. The number of carbonyl (C=O) groups is 3. The number of hydrogen-bond acceptors (Lipinski definition) is 4. The highest BCUT2D eigenvalue weighted by Crippen LogP contribution is 2.16. The molecule has 7 heteroatoms. The maximum absolute atomic E-state index is 12.4. The van der Waals surface area contributed by atoms with Crippen LogP contribution in [0.15, 0.2) is 30.3 Å². The lowest BCUT2D eigenvalue weighted by Gasteiger charge is -2.33. The minimum absolute atomic E-state index is 0.167. The summed E-state index contributed by atoms with van der Waals surface area (Å²) in [7, 11) is 0. The molecule has 0 aliphatic carbocycles. The number of nitrogens with one attached hydrogen (secondary N) is 2. The van der Waals surface area contributed by atoms with Gasteiger partial charge in [0.1, 0.15) is 6.04 Å².